The van der Waals surface area contributed by atoms with Gasteiger partial charge in [-0.2, -0.15) is 0 Å². The zero-order chi connectivity index (χ0) is 19.9. The van der Waals surface area contributed by atoms with Crippen LogP contribution in [-0.2, 0) is 16.0 Å². The third-order valence-corrected chi connectivity index (χ3v) is 6.07. The molecule has 0 unspecified atom stereocenters. The van der Waals surface area contributed by atoms with Crippen molar-refractivity contribution in [2.75, 3.05) is 33.3 Å². The highest BCUT2D eigenvalue weighted by molar-refractivity contribution is 5.78. The van der Waals surface area contributed by atoms with E-state index in [1.807, 2.05) is 9.80 Å². The van der Waals surface area contributed by atoms with Gasteiger partial charge in [0.1, 0.15) is 0 Å². The molecule has 0 spiro atoms. The summed E-state index contributed by atoms with van der Waals surface area (Å²) in [6.45, 7) is 2.41. The normalized spacial score (nSPS) is 17.8. The Labute approximate surface area is 166 Å². The predicted octanol–water partition coefficient (Wildman–Crippen LogP) is 3.41. The number of methoxy groups -OCH3 is 1. The molecule has 1 aromatic rings. The molecule has 1 saturated heterocycles. The molecule has 154 valence electrons. The molecule has 5 nitrogen and oxygen atoms in total. The number of benzene rings is 1. The third kappa shape index (κ3) is 5.46. The molecule has 0 bridgehead atoms. The Kier molecular flexibility index (Phi) is 7.29. The zero-order valence-corrected chi connectivity index (χ0v) is 16.8. The van der Waals surface area contributed by atoms with Crippen molar-refractivity contribution in [2.24, 2.45) is 5.92 Å². The van der Waals surface area contributed by atoms with Crippen molar-refractivity contribution in [1.29, 1.82) is 0 Å². The molecule has 28 heavy (non-hydrogen) atoms. The van der Waals surface area contributed by atoms with E-state index in [0.29, 0.717) is 45.4 Å². The van der Waals surface area contributed by atoms with Crippen LogP contribution in [0.25, 0.3) is 0 Å². The minimum absolute atomic E-state index is 0.0641. The van der Waals surface area contributed by atoms with Gasteiger partial charge in [0, 0.05) is 39.0 Å². The molecule has 1 aromatic carbocycles. The van der Waals surface area contributed by atoms with Crippen molar-refractivity contribution in [3.8, 4) is 5.75 Å². The molecule has 1 aliphatic carbocycles. The van der Waals surface area contributed by atoms with Crippen molar-refractivity contribution in [3.63, 3.8) is 0 Å². The Morgan fingerprint density at radius 1 is 1.04 bits per heavy atom. The Balaban J connectivity index is 1.38. The molecule has 0 N–H and O–H groups in total. The van der Waals surface area contributed by atoms with Gasteiger partial charge in [0.25, 0.3) is 0 Å². The largest absolute Gasteiger partial charge is 0.494 e. The van der Waals surface area contributed by atoms with Crippen LogP contribution in [0.3, 0.4) is 0 Å². The monoisotopic (exact) mass is 390 g/mol. The van der Waals surface area contributed by atoms with Crippen LogP contribution in [0.4, 0.5) is 4.39 Å². The van der Waals surface area contributed by atoms with Gasteiger partial charge in [0.05, 0.1) is 7.11 Å². The Morgan fingerprint density at radius 3 is 2.21 bits per heavy atom. The summed E-state index contributed by atoms with van der Waals surface area (Å²) in [5, 5.41) is 0. The molecule has 2 aliphatic rings. The van der Waals surface area contributed by atoms with E-state index in [4.69, 9.17) is 4.74 Å². The van der Waals surface area contributed by atoms with Crippen molar-refractivity contribution in [2.45, 2.75) is 51.4 Å². The van der Waals surface area contributed by atoms with Crippen LogP contribution in [0.5, 0.6) is 5.75 Å². The molecule has 1 saturated carbocycles. The maximum absolute atomic E-state index is 13.8. The molecule has 0 radical (unpaired) electrons. The first kappa shape index (κ1) is 20.6. The minimum Gasteiger partial charge on any atom is -0.494 e. The number of hydrogen-bond acceptors (Lipinski definition) is 3. The fraction of sp³-hybridized carbons (Fsp3) is 0.636. The van der Waals surface area contributed by atoms with Crippen molar-refractivity contribution in [1.82, 2.24) is 9.80 Å². The van der Waals surface area contributed by atoms with E-state index in [-0.39, 0.29) is 17.6 Å². The second-order valence-corrected chi connectivity index (χ2v) is 7.92. The smallest absolute Gasteiger partial charge is 0.223 e. The highest BCUT2D eigenvalue weighted by Gasteiger charge is 2.25. The van der Waals surface area contributed by atoms with Crippen LogP contribution < -0.4 is 4.74 Å². The van der Waals surface area contributed by atoms with Crippen molar-refractivity contribution in [3.05, 3.63) is 29.6 Å². The molecular formula is C22H31FN2O3. The molecule has 1 heterocycles. The summed E-state index contributed by atoms with van der Waals surface area (Å²) >= 11 is 0. The fourth-order valence-electron chi connectivity index (χ4n) is 4.26. The van der Waals surface area contributed by atoms with E-state index in [0.717, 1.165) is 17.9 Å². The second-order valence-electron chi connectivity index (χ2n) is 7.92. The Morgan fingerprint density at radius 2 is 1.64 bits per heavy atom. The summed E-state index contributed by atoms with van der Waals surface area (Å²) in [5.41, 5.74) is 0.785. The average molecular weight is 390 g/mol. The van der Waals surface area contributed by atoms with Crippen LogP contribution >= 0.6 is 0 Å². The highest BCUT2D eigenvalue weighted by atomic mass is 19.1. The number of nitrogens with zero attached hydrogens (tertiary/aromatic N) is 2. The first-order valence-electron chi connectivity index (χ1n) is 10.4. The Bertz CT molecular complexity index is 680. The topological polar surface area (TPSA) is 49.9 Å². The van der Waals surface area contributed by atoms with Gasteiger partial charge < -0.3 is 14.5 Å². The number of hydrogen-bond donors (Lipinski definition) is 0. The fourth-order valence-corrected chi connectivity index (χ4v) is 4.26. The lowest BCUT2D eigenvalue weighted by Crippen LogP contribution is -2.50. The first-order chi connectivity index (χ1) is 13.6. The number of carbonyl (C=O) groups excluding carboxylic acids is 2. The van der Waals surface area contributed by atoms with E-state index in [1.54, 1.807) is 12.1 Å². The summed E-state index contributed by atoms with van der Waals surface area (Å²) in [7, 11) is 1.43. The SMILES string of the molecule is COc1ccc(CCC(=O)N2CCN(C(=O)CCC3CCCC3)CC2)cc1F. The molecule has 1 aliphatic heterocycles. The first-order valence-corrected chi connectivity index (χ1v) is 10.4. The highest BCUT2D eigenvalue weighted by Crippen LogP contribution is 2.28. The lowest BCUT2D eigenvalue weighted by Gasteiger charge is -2.35. The maximum atomic E-state index is 13.8. The lowest BCUT2D eigenvalue weighted by molar-refractivity contribution is -0.139. The van der Waals surface area contributed by atoms with Gasteiger partial charge in [-0.1, -0.05) is 31.7 Å². The zero-order valence-electron chi connectivity index (χ0n) is 16.8. The quantitative estimate of drug-likeness (QED) is 0.717. The summed E-state index contributed by atoms with van der Waals surface area (Å²) < 4.78 is 18.7. The van der Waals surface area contributed by atoms with Gasteiger partial charge >= 0.3 is 0 Å². The minimum atomic E-state index is -0.405. The number of rotatable bonds is 7. The van der Waals surface area contributed by atoms with Crippen LogP contribution in [0, 0.1) is 11.7 Å². The molecule has 2 amide bonds. The van der Waals surface area contributed by atoms with Gasteiger partial charge in [-0.25, -0.2) is 4.39 Å². The molecule has 2 fully saturated rings. The van der Waals surface area contributed by atoms with Crippen LogP contribution in [0.2, 0.25) is 0 Å². The Hall–Kier alpha value is -2.11. The summed E-state index contributed by atoms with van der Waals surface area (Å²) in [6.07, 6.45) is 7.66. The van der Waals surface area contributed by atoms with Gasteiger partial charge in [0.2, 0.25) is 11.8 Å². The van der Waals surface area contributed by atoms with E-state index in [9.17, 15) is 14.0 Å². The number of piperazine rings is 1. The van der Waals surface area contributed by atoms with Crippen LogP contribution in [0.1, 0.15) is 50.5 Å². The lowest BCUT2D eigenvalue weighted by atomic mass is 10.0. The number of halogens is 1. The van der Waals surface area contributed by atoms with Crippen molar-refractivity contribution < 1.29 is 18.7 Å². The third-order valence-electron chi connectivity index (χ3n) is 6.07. The number of carbonyl (C=O) groups is 2. The molecule has 0 atom stereocenters. The van der Waals surface area contributed by atoms with E-state index in [2.05, 4.69) is 0 Å². The molecule has 6 heteroatoms. The second kappa shape index (κ2) is 9.89. The summed E-state index contributed by atoms with van der Waals surface area (Å²) in [6, 6.07) is 4.80. The molecule has 0 aromatic heterocycles. The number of ether oxygens (including phenoxy) is 1. The van der Waals surface area contributed by atoms with Crippen molar-refractivity contribution >= 4 is 11.8 Å². The van der Waals surface area contributed by atoms with E-state index < -0.39 is 5.82 Å². The average Bonchev–Trinajstić information content (AvgIpc) is 3.24. The number of aryl methyl sites for hydroxylation is 1. The molecular weight excluding hydrogens is 359 g/mol. The van der Waals surface area contributed by atoms with Gasteiger partial charge in [0.15, 0.2) is 11.6 Å². The predicted molar refractivity (Wildman–Crippen MR) is 106 cm³/mol. The van der Waals surface area contributed by atoms with Gasteiger partial charge in [-0.3, -0.25) is 9.59 Å². The van der Waals surface area contributed by atoms with Crippen LogP contribution in [0.15, 0.2) is 18.2 Å². The van der Waals surface area contributed by atoms with Gasteiger partial charge in [-0.15, -0.1) is 0 Å². The maximum Gasteiger partial charge on any atom is 0.223 e. The summed E-state index contributed by atoms with van der Waals surface area (Å²) in [4.78, 5) is 28.6. The van der Waals surface area contributed by atoms with Gasteiger partial charge in [-0.05, 0) is 36.5 Å². The standard InChI is InChI=1S/C22H31FN2O3/c1-28-20-9-6-18(16-19(20)23)8-11-22(27)25-14-12-24(13-15-25)21(26)10-7-17-4-2-3-5-17/h6,9,16-17H,2-5,7-8,10-15H2,1H3. The van der Waals surface area contributed by atoms with E-state index in [1.165, 1.54) is 38.9 Å². The van der Waals surface area contributed by atoms with Crippen LogP contribution in [-0.4, -0.2) is 54.9 Å². The summed E-state index contributed by atoms with van der Waals surface area (Å²) in [5.74, 6) is 0.831. The molecule has 3 rings (SSSR count). The number of amides is 2. The van der Waals surface area contributed by atoms with E-state index >= 15 is 0 Å².